The van der Waals surface area contributed by atoms with Crippen molar-refractivity contribution in [3.05, 3.63) is 48.2 Å². The SMILES string of the molecule is COC(=O)N1CCC(Cc2ccc(NC(=O)OCc3cnco3)cc2)C2CC21. The molecule has 2 aliphatic rings. The number of aromatic nitrogens is 1. The van der Waals surface area contributed by atoms with Crippen LogP contribution in [0.2, 0.25) is 0 Å². The number of fused-ring (bicyclic) bond motifs is 1. The first-order valence-corrected chi connectivity index (χ1v) is 9.38. The van der Waals surface area contributed by atoms with E-state index in [2.05, 4.69) is 10.3 Å². The summed E-state index contributed by atoms with van der Waals surface area (Å²) in [4.78, 5) is 29.2. The first-order valence-electron chi connectivity index (χ1n) is 9.38. The summed E-state index contributed by atoms with van der Waals surface area (Å²) < 4.78 is 14.9. The molecule has 1 aliphatic heterocycles. The maximum atomic E-state index is 11.8. The average molecular weight is 385 g/mol. The molecular formula is C20H23N3O5. The molecule has 0 spiro atoms. The minimum Gasteiger partial charge on any atom is -0.453 e. The topological polar surface area (TPSA) is 93.9 Å². The van der Waals surface area contributed by atoms with Crippen molar-refractivity contribution >= 4 is 17.9 Å². The van der Waals surface area contributed by atoms with Gasteiger partial charge in [0.2, 0.25) is 0 Å². The highest BCUT2D eigenvalue weighted by Gasteiger charge is 2.51. The molecule has 4 rings (SSSR count). The Labute approximate surface area is 162 Å². The van der Waals surface area contributed by atoms with Crippen molar-refractivity contribution in [3.8, 4) is 0 Å². The number of hydrogen-bond acceptors (Lipinski definition) is 6. The van der Waals surface area contributed by atoms with Gasteiger partial charge in [-0.15, -0.1) is 0 Å². The first-order chi connectivity index (χ1) is 13.6. The quantitative estimate of drug-likeness (QED) is 0.847. The van der Waals surface area contributed by atoms with Crippen LogP contribution < -0.4 is 5.32 Å². The fraction of sp³-hybridized carbons (Fsp3) is 0.450. The number of nitrogens with zero attached hydrogens (tertiary/aromatic N) is 2. The normalized spacial score (nSPS) is 22.9. The molecule has 1 aliphatic carbocycles. The van der Waals surface area contributed by atoms with Crippen molar-refractivity contribution in [1.29, 1.82) is 0 Å². The molecule has 8 heteroatoms. The predicted octanol–water partition coefficient (Wildman–Crippen LogP) is 3.44. The van der Waals surface area contributed by atoms with Crippen molar-refractivity contribution in [2.45, 2.75) is 31.9 Å². The summed E-state index contributed by atoms with van der Waals surface area (Å²) in [5.74, 6) is 1.63. The van der Waals surface area contributed by atoms with Gasteiger partial charge in [-0.05, 0) is 48.8 Å². The second kappa shape index (κ2) is 7.92. The van der Waals surface area contributed by atoms with E-state index in [1.807, 2.05) is 29.2 Å². The second-order valence-corrected chi connectivity index (χ2v) is 7.25. The number of oxazole rings is 1. The summed E-state index contributed by atoms with van der Waals surface area (Å²) in [6.45, 7) is 0.798. The minimum atomic E-state index is -0.542. The van der Waals surface area contributed by atoms with E-state index >= 15 is 0 Å². The summed E-state index contributed by atoms with van der Waals surface area (Å²) in [6.07, 6.45) is 5.07. The van der Waals surface area contributed by atoms with E-state index in [9.17, 15) is 9.59 Å². The third-order valence-corrected chi connectivity index (χ3v) is 5.49. The fourth-order valence-electron chi connectivity index (χ4n) is 3.98. The zero-order valence-corrected chi connectivity index (χ0v) is 15.7. The Balaban J connectivity index is 1.25. The number of hydrogen-bond donors (Lipinski definition) is 1. The van der Waals surface area contributed by atoms with Gasteiger partial charge in [-0.1, -0.05) is 12.1 Å². The molecule has 148 valence electrons. The molecule has 2 aromatic rings. The van der Waals surface area contributed by atoms with Gasteiger partial charge in [0.1, 0.15) is 0 Å². The summed E-state index contributed by atoms with van der Waals surface area (Å²) in [6, 6.07) is 8.14. The summed E-state index contributed by atoms with van der Waals surface area (Å²) in [5.41, 5.74) is 1.90. The van der Waals surface area contributed by atoms with Gasteiger partial charge in [0, 0.05) is 18.3 Å². The molecule has 3 atom stereocenters. The van der Waals surface area contributed by atoms with E-state index in [0.717, 1.165) is 25.8 Å². The van der Waals surface area contributed by atoms with Crippen molar-refractivity contribution in [2.75, 3.05) is 19.0 Å². The van der Waals surface area contributed by atoms with Crippen molar-refractivity contribution in [3.63, 3.8) is 0 Å². The van der Waals surface area contributed by atoms with Crippen LogP contribution in [0, 0.1) is 11.8 Å². The van der Waals surface area contributed by atoms with Crippen LogP contribution in [0.4, 0.5) is 15.3 Å². The molecule has 3 unspecified atom stereocenters. The molecule has 1 saturated heterocycles. The highest BCUT2D eigenvalue weighted by molar-refractivity contribution is 5.84. The number of likely N-dealkylation sites (tertiary alicyclic amines) is 1. The third-order valence-electron chi connectivity index (χ3n) is 5.49. The van der Waals surface area contributed by atoms with Gasteiger partial charge in [0.15, 0.2) is 18.8 Å². The number of ether oxygens (including phenoxy) is 2. The standard InChI is InChI=1S/C20H23N3O5/c1-26-20(25)23-7-6-14(17-9-18(17)23)8-13-2-4-15(5-3-13)22-19(24)27-11-16-10-21-12-28-16/h2-5,10,12,14,17-18H,6-9,11H2,1H3,(H,22,24). The maximum absolute atomic E-state index is 11.8. The van der Waals surface area contributed by atoms with Gasteiger partial charge in [0.25, 0.3) is 0 Å². The monoisotopic (exact) mass is 385 g/mol. The van der Waals surface area contributed by atoms with E-state index in [0.29, 0.717) is 29.3 Å². The summed E-state index contributed by atoms with van der Waals surface area (Å²) in [5, 5.41) is 2.70. The van der Waals surface area contributed by atoms with Crippen LogP contribution >= 0.6 is 0 Å². The number of carbonyl (C=O) groups is 2. The largest absolute Gasteiger partial charge is 0.453 e. The van der Waals surface area contributed by atoms with Gasteiger partial charge in [0.05, 0.1) is 13.3 Å². The van der Waals surface area contributed by atoms with E-state index in [-0.39, 0.29) is 12.7 Å². The molecule has 2 heterocycles. The maximum Gasteiger partial charge on any atom is 0.412 e. The Morgan fingerprint density at radius 2 is 2.14 bits per heavy atom. The fourth-order valence-corrected chi connectivity index (χ4v) is 3.98. The van der Waals surface area contributed by atoms with Crippen molar-refractivity contribution in [2.24, 2.45) is 11.8 Å². The number of rotatable bonds is 5. The lowest BCUT2D eigenvalue weighted by Crippen LogP contribution is -2.40. The number of carbonyl (C=O) groups excluding carboxylic acids is 2. The van der Waals surface area contributed by atoms with E-state index < -0.39 is 6.09 Å². The number of nitrogens with one attached hydrogen (secondary N) is 1. The molecule has 2 amide bonds. The van der Waals surface area contributed by atoms with Crippen molar-refractivity contribution in [1.82, 2.24) is 9.88 Å². The van der Waals surface area contributed by atoms with Crippen molar-refractivity contribution < 1.29 is 23.5 Å². The molecule has 8 nitrogen and oxygen atoms in total. The summed E-state index contributed by atoms with van der Waals surface area (Å²) in [7, 11) is 1.44. The lowest BCUT2D eigenvalue weighted by Gasteiger charge is -2.30. The molecule has 1 aromatic carbocycles. The van der Waals surface area contributed by atoms with Crippen LogP contribution in [0.15, 0.2) is 41.3 Å². The molecule has 0 radical (unpaired) electrons. The second-order valence-electron chi connectivity index (χ2n) is 7.25. The zero-order chi connectivity index (χ0) is 19.5. The first kappa shape index (κ1) is 18.3. The van der Waals surface area contributed by atoms with Crippen LogP contribution in [0.3, 0.4) is 0 Å². The van der Waals surface area contributed by atoms with Crippen LogP contribution in [0.25, 0.3) is 0 Å². The van der Waals surface area contributed by atoms with E-state index in [4.69, 9.17) is 13.9 Å². The average Bonchev–Trinajstić information content (AvgIpc) is 3.34. The molecule has 28 heavy (non-hydrogen) atoms. The van der Waals surface area contributed by atoms with Gasteiger partial charge in [-0.3, -0.25) is 5.32 Å². The number of anilines is 1. The lowest BCUT2D eigenvalue weighted by atomic mass is 9.89. The lowest BCUT2D eigenvalue weighted by molar-refractivity contribution is 0.102. The van der Waals surface area contributed by atoms with Crippen LogP contribution in [-0.2, 0) is 22.5 Å². The third kappa shape index (κ3) is 4.11. The Morgan fingerprint density at radius 1 is 1.32 bits per heavy atom. The highest BCUT2D eigenvalue weighted by Crippen LogP contribution is 2.48. The number of methoxy groups -OCH3 is 1. The van der Waals surface area contributed by atoms with Crippen LogP contribution in [0.5, 0.6) is 0 Å². The summed E-state index contributed by atoms with van der Waals surface area (Å²) >= 11 is 0. The van der Waals surface area contributed by atoms with Gasteiger partial charge in [-0.25, -0.2) is 14.6 Å². The number of piperidine rings is 1. The molecule has 1 saturated carbocycles. The van der Waals surface area contributed by atoms with Gasteiger partial charge < -0.3 is 18.8 Å². The highest BCUT2D eigenvalue weighted by atomic mass is 16.6. The number of amides is 2. The molecule has 0 bridgehead atoms. The van der Waals surface area contributed by atoms with Crippen LogP contribution in [-0.4, -0.2) is 41.8 Å². The molecule has 1 aromatic heterocycles. The Morgan fingerprint density at radius 3 is 2.86 bits per heavy atom. The Kier molecular flexibility index (Phi) is 5.18. The number of benzene rings is 1. The molecular weight excluding hydrogens is 362 g/mol. The Bertz CT molecular complexity index is 821. The van der Waals surface area contributed by atoms with Gasteiger partial charge >= 0.3 is 12.2 Å². The zero-order valence-electron chi connectivity index (χ0n) is 15.7. The Hall–Kier alpha value is -3.03. The minimum absolute atomic E-state index is 0.0384. The molecule has 1 N–H and O–H groups in total. The van der Waals surface area contributed by atoms with Crippen LogP contribution in [0.1, 0.15) is 24.2 Å². The predicted molar refractivity (Wildman–Crippen MR) is 99.6 cm³/mol. The smallest absolute Gasteiger partial charge is 0.412 e. The van der Waals surface area contributed by atoms with E-state index in [1.54, 1.807) is 0 Å². The van der Waals surface area contributed by atoms with E-state index in [1.165, 1.54) is 25.3 Å². The molecule has 2 fully saturated rings. The van der Waals surface area contributed by atoms with Gasteiger partial charge in [-0.2, -0.15) is 0 Å².